The molecule has 12 rings (SSSR count). The molecule has 13 heteroatoms. The Kier molecular flexibility index (Phi) is 18.8. The molecule has 4 heterocycles. The summed E-state index contributed by atoms with van der Waals surface area (Å²) in [5.41, 5.74) is 17.9. The first-order chi connectivity index (χ1) is 41.8. The molecule has 0 radical (unpaired) electrons. The summed E-state index contributed by atoms with van der Waals surface area (Å²) in [6.07, 6.45) is 3.98. The lowest BCUT2D eigenvalue weighted by molar-refractivity contribution is -0.653. The highest BCUT2D eigenvalue weighted by molar-refractivity contribution is 6.02. The Labute approximate surface area is 514 Å². The molecular weight excluding hydrogens is 1100 g/mol. The van der Waals surface area contributed by atoms with Gasteiger partial charge < -0.3 is 44.8 Å². The number of nitrogens with zero attached hydrogens (tertiary/aromatic N) is 6. The van der Waals surface area contributed by atoms with E-state index in [4.69, 9.17) is 0 Å². The first-order valence-corrected chi connectivity index (χ1v) is 29.3. The van der Waals surface area contributed by atoms with Crippen LogP contribution in [0.3, 0.4) is 0 Å². The summed E-state index contributed by atoms with van der Waals surface area (Å²) in [7, 11) is 12.7. The molecule has 88 heavy (non-hydrogen) atoms. The Hall–Kier alpha value is -10.2. The highest BCUT2D eigenvalue weighted by atomic mass is 16.4. The minimum Gasteiger partial charge on any atom is -0.872 e. The second-order valence-electron chi connectivity index (χ2n) is 22.9. The van der Waals surface area contributed by atoms with Crippen molar-refractivity contribution in [3.05, 3.63) is 262 Å². The molecule has 0 atom stereocenters. The fraction of sp³-hybridized carbons (Fsp3) is 0.200. The van der Waals surface area contributed by atoms with Crippen LogP contribution in [-0.2, 0) is 46.2 Å². The Morgan fingerprint density at radius 2 is 0.807 bits per heavy atom. The molecule has 0 fully saturated rings. The van der Waals surface area contributed by atoms with Crippen molar-refractivity contribution in [2.24, 2.45) is 14.1 Å². The number of hydrogen-bond donors (Lipinski definition) is 2. The predicted octanol–water partition coefficient (Wildman–Crippen LogP) is 12.1. The van der Waals surface area contributed by atoms with E-state index in [1.807, 2.05) is 0 Å². The molecule has 448 valence electrons. The van der Waals surface area contributed by atoms with Gasteiger partial charge in [0.05, 0.1) is 11.1 Å². The topological polar surface area (TPSA) is 176 Å². The number of pyridine rings is 2. The Bertz CT molecular complexity index is 4260. The molecule has 0 amide bonds. The largest absolute Gasteiger partial charge is 0.872 e. The fourth-order valence-corrected chi connectivity index (χ4v) is 12.2. The van der Waals surface area contributed by atoms with E-state index in [9.17, 15) is 30.0 Å². The molecule has 8 aromatic carbocycles. The molecule has 4 aromatic heterocycles. The maximum Gasteiger partial charge on any atom is 0.335 e. The molecule has 0 bridgehead atoms. The third kappa shape index (κ3) is 12.8. The molecule has 0 saturated heterocycles. The Balaban J connectivity index is 0.000000156. The van der Waals surface area contributed by atoms with Crippen LogP contribution in [0.2, 0.25) is 0 Å². The van der Waals surface area contributed by atoms with E-state index >= 15 is 0 Å². The lowest BCUT2D eigenvalue weighted by Gasteiger charge is -2.24. The van der Waals surface area contributed by atoms with Gasteiger partial charge in [0.25, 0.3) is 0 Å². The van der Waals surface area contributed by atoms with Crippen molar-refractivity contribution >= 4 is 66.7 Å². The molecule has 0 aliphatic heterocycles. The minimum absolute atomic E-state index is 0. The molecule has 0 spiro atoms. The quantitative estimate of drug-likeness (QED) is 0.101. The zero-order valence-electron chi connectivity index (χ0n) is 51.7. The number of hydrogen-bond acceptors (Lipinski definition) is 6. The van der Waals surface area contributed by atoms with E-state index in [1.54, 1.807) is 48.5 Å². The van der Waals surface area contributed by atoms with E-state index in [1.165, 1.54) is 102 Å². The number of rotatable bonds is 14. The second-order valence-corrected chi connectivity index (χ2v) is 22.9. The van der Waals surface area contributed by atoms with Crippen molar-refractivity contribution in [3.8, 4) is 22.9 Å². The number of carboxylic acid groups (broad SMARTS) is 2. The number of fused-ring (bicyclic) bond motifs is 4. The van der Waals surface area contributed by atoms with Gasteiger partial charge in [-0.3, -0.25) is 0 Å². The van der Waals surface area contributed by atoms with E-state index in [-0.39, 0.29) is 34.2 Å². The normalized spacial score (nSPS) is 11.0. The van der Waals surface area contributed by atoms with E-state index in [2.05, 4.69) is 232 Å². The summed E-state index contributed by atoms with van der Waals surface area (Å²) < 4.78 is 9.40. The van der Waals surface area contributed by atoms with Crippen LogP contribution in [0.5, 0.6) is 11.5 Å². The van der Waals surface area contributed by atoms with Gasteiger partial charge in [-0.2, -0.15) is 9.13 Å². The summed E-state index contributed by atoms with van der Waals surface area (Å²) >= 11 is 0. The van der Waals surface area contributed by atoms with Crippen LogP contribution in [0.25, 0.3) is 54.7 Å². The van der Waals surface area contributed by atoms with Crippen LogP contribution in [0.4, 0.5) is 11.4 Å². The van der Waals surface area contributed by atoms with Crippen molar-refractivity contribution in [2.45, 2.75) is 59.8 Å². The van der Waals surface area contributed by atoms with Crippen molar-refractivity contribution in [1.29, 1.82) is 0 Å². The molecule has 13 nitrogen and oxygen atoms in total. The smallest absolute Gasteiger partial charge is 0.335 e. The zero-order chi connectivity index (χ0) is 61.8. The number of aromatic nitrogens is 4. The van der Waals surface area contributed by atoms with Crippen molar-refractivity contribution < 1.29 is 44.6 Å². The van der Waals surface area contributed by atoms with Crippen LogP contribution in [-0.4, -0.2) is 65.0 Å². The molecule has 0 saturated carbocycles. The molecule has 4 N–H and O–H groups in total. The SMILES string of the molecule is Cc1cc(CCc2ccc3cc(N(C)C)ccc3[n+]2C)c(C)n1-c1ccccc1.Cc1cc(CCc2ccc3cc(N(C)C)ccc3[n+]2C)c(C)n1-c1ccccc1.O.O=C(O)c1cc2ccccc2c(Cc2c([O-])c(C(=O)O)cc3ccccc23)c1[O-]. The van der Waals surface area contributed by atoms with Crippen LogP contribution >= 0.6 is 0 Å². The summed E-state index contributed by atoms with van der Waals surface area (Å²) in [6.45, 7) is 8.86. The number of para-hydroxylation sites is 2. The number of carboxylic acids is 2. The van der Waals surface area contributed by atoms with Gasteiger partial charge >= 0.3 is 11.9 Å². The molecule has 0 unspecified atom stereocenters. The monoisotopic (exact) mass is 1170 g/mol. The Morgan fingerprint density at radius 3 is 1.17 bits per heavy atom. The maximum absolute atomic E-state index is 12.9. The zero-order valence-corrected chi connectivity index (χ0v) is 51.7. The molecular formula is C75H76N6O7. The van der Waals surface area contributed by atoms with Crippen LogP contribution in [0.1, 0.15) is 77.1 Å². The van der Waals surface area contributed by atoms with Gasteiger partial charge in [0.1, 0.15) is 14.1 Å². The van der Waals surface area contributed by atoms with E-state index in [0.717, 1.165) is 25.7 Å². The minimum atomic E-state index is -1.35. The van der Waals surface area contributed by atoms with Gasteiger partial charge in [-0.1, -0.05) is 96.4 Å². The summed E-state index contributed by atoms with van der Waals surface area (Å²) in [6, 6.07) is 64.6. The number of benzene rings is 8. The first-order valence-electron chi connectivity index (χ1n) is 29.3. The number of aromatic carboxylic acids is 2. The van der Waals surface area contributed by atoms with Gasteiger partial charge in [-0.25, -0.2) is 9.59 Å². The fourth-order valence-electron chi connectivity index (χ4n) is 12.2. The third-order valence-corrected chi connectivity index (χ3v) is 17.0. The number of aryl methyl sites for hydroxylation is 8. The molecule has 0 aliphatic carbocycles. The van der Waals surface area contributed by atoms with Crippen LogP contribution in [0, 0.1) is 27.7 Å². The summed E-state index contributed by atoms with van der Waals surface area (Å²) in [5, 5.41) is 49.4. The summed E-state index contributed by atoms with van der Waals surface area (Å²) in [5.74, 6) is -4.07. The van der Waals surface area contributed by atoms with E-state index < -0.39 is 23.4 Å². The highest BCUT2D eigenvalue weighted by Crippen LogP contribution is 2.37. The maximum atomic E-state index is 12.9. The lowest BCUT2D eigenvalue weighted by Crippen LogP contribution is -2.34. The van der Waals surface area contributed by atoms with Crippen molar-refractivity contribution in [3.63, 3.8) is 0 Å². The number of carbonyl (C=O) groups is 2. The van der Waals surface area contributed by atoms with Gasteiger partial charge in [0.15, 0.2) is 11.4 Å². The van der Waals surface area contributed by atoms with Gasteiger partial charge in [-0.15, -0.1) is 0 Å². The summed E-state index contributed by atoms with van der Waals surface area (Å²) in [4.78, 5) is 27.4. The average Bonchev–Trinajstić information content (AvgIpc) is 1.28. The van der Waals surface area contributed by atoms with E-state index in [0.29, 0.717) is 21.5 Å². The van der Waals surface area contributed by atoms with Crippen LogP contribution in [0.15, 0.2) is 194 Å². The van der Waals surface area contributed by atoms with Crippen molar-refractivity contribution in [2.75, 3.05) is 38.0 Å². The second kappa shape index (κ2) is 26.6. The lowest BCUT2D eigenvalue weighted by atomic mass is 9.90. The van der Waals surface area contributed by atoms with Gasteiger partial charge in [0, 0.05) is 122 Å². The third-order valence-electron chi connectivity index (χ3n) is 17.0. The van der Waals surface area contributed by atoms with Gasteiger partial charge in [-0.05, 0) is 176 Å². The Morgan fingerprint density at radius 1 is 0.443 bits per heavy atom. The van der Waals surface area contributed by atoms with Crippen molar-refractivity contribution in [1.82, 2.24) is 9.13 Å². The predicted molar refractivity (Wildman–Crippen MR) is 351 cm³/mol. The average molecular weight is 1170 g/mol. The highest BCUT2D eigenvalue weighted by Gasteiger charge is 2.20. The molecule has 12 aromatic rings. The standard InChI is InChI=1S/2C26H30N3.C23H16O6.H2O/c2*1-19-17-21(20(2)29(19)24-9-7-6-8-10-24)11-13-23-14-12-22-18-25(27(3)4)15-16-26(22)28(23)5;24-20-16(14-7-3-1-5-12(14)9-18(20)22(26)27)11-17-15-8-4-2-6-13(15)10-19(21(17)25)23(28)29;/h2*6-10,12,14-18H,11,13H2,1-5H3;1-10,24-25H,11H2,(H,26,27)(H,28,29);1H2/q2*+1;;/p-2. The molecule has 0 aliphatic rings. The number of anilines is 2. The van der Waals surface area contributed by atoms with Crippen LogP contribution < -0.4 is 29.1 Å². The van der Waals surface area contributed by atoms with Gasteiger partial charge in [0.2, 0.25) is 11.0 Å². The first kappa shape index (κ1) is 62.3.